The van der Waals surface area contributed by atoms with Gasteiger partial charge in [0.25, 0.3) is 11.7 Å². The molecular formula is C30H31ClN2O5. The number of Topliss-reactive ketones (excluding diaryl/α,β-unsaturated/α-hetero) is 1. The van der Waals surface area contributed by atoms with E-state index in [1.54, 1.807) is 36.4 Å². The first kappa shape index (κ1) is 27.1. The number of aliphatic hydroxyl groups is 1. The second-order valence-electron chi connectivity index (χ2n) is 9.05. The molecule has 1 saturated heterocycles. The molecule has 8 heteroatoms. The number of ketones is 1. The minimum Gasteiger partial charge on any atom is -0.507 e. The predicted molar refractivity (Wildman–Crippen MR) is 150 cm³/mol. The first-order chi connectivity index (χ1) is 18.3. The molecule has 0 saturated carbocycles. The molecule has 7 nitrogen and oxygen atoms in total. The Balaban J connectivity index is 1.93. The molecule has 1 heterocycles. The molecule has 1 N–H and O–H groups in total. The number of halogens is 1. The highest BCUT2D eigenvalue weighted by Crippen LogP contribution is 2.45. The maximum atomic E-state index is 13.6. The fourth-order valence-corrected chi connectivity index (χ4v) is 4.59. The molecule has 198 valence electrons. The van der Waals surface area contributed by atoms with E-state index >= 15 is 0 Å². The van der Waals surface area contributed by atoms with Crippen molar-refractivity contribution in [2.24, 2.45) is 0 Å². The Morgan fingerprint density at radius 2 is 1.68 bits per heavy atom. The Morgan fingerprint density at radius 1 is 0.974 bits per heavy atom. The maximum absolute atomic E-state index is 13.6. The number of aliphatic hydroxyl groups excluding tert-OH is 1. The van der Waals surface area contributed by atoms with E-state index in [9.17, 15) is 14.7 Å². The molecule has 1 fully saturated rings. The SMILES string of the molecule is CCCOc1ccccc1N1C(=O)C(=O)/C(=C(\O)c2ccc(Cl)c(OCC)c2)C1c1ccc(N(C)C)cc1. The summed E-state index contributed by atoms with van der Waals surface area (Å²) in [5.74, 6) is -0.992. The molecule has 1 aliphatic rings. The number of hydrogen-bond donors (Lipinski definition) is 1. The number of amides is 1. The Hall–Kier alpha value is -3.97. The standard InChI is InChI=1S/C30H31ClN2O5/c1-5-17-38-24-10-8-7-9-23(24)33-27(19-11-14-21(15-12-19)32(3)4)26(29(35)30(33)36)28(34)20-13-16-22(31)25(18-20)37-6-2/h7-16,18,27,34H,5-6,17H2,1-4H3/b28-26-. The normalized spacial score (nSPS) is 16.6. The third-order valence-corrected chi connectivity index (χ3v) is 6.57. The zero-order valence-corrected chi connectivity index (χ0v) is 22.7. The number of ether oxygens (including phenoxy) is 2. The summed E-state index contributed by atoms with van der Waals surface area (Å²) in [6, 6.07) is 18.5. The van der Waals surface area contributed by atoms with Crippen LogP contribution in [0.25, 0.3) is 5.76 Å². The molecular weight excluding hydrogens is 504 g/mol. The first-order valence-electron chi connectivity index (χ1n) is 12.5. The molecule has 1 atom stereocenters. The molecule has 0 spiro atoms. The molecule has 0 aromatic heterocycles. The van der Waals surface area contributed by atoms with Gasteiger partial charge in [-0.2, -0.15) is 0 Å². The summed E-state index contributed by atoms with van der Waals surface area (Å²) >= 11 is 6.25. The maximum Gasteiger partial charge on any atom is 0.300 e. The number of carbonyl (C=O) groups excluding carboxylic acids is 2. The van der Waals surface area contributed by atoms with E-state index in [4.69, 9.17) is 21.1 Å². The average molecular weight is 535 g/mol. The smallest absolute Gasteiger partial charge is 0.300 e. The molecule has 1 amide bonds. The summed E-state index contributed by atoms with van der Waals surface area (Å²) in [6.07, 6.45) is 0.779. The number of rotatable bonds is 9. The molecule has 1 unspecified atom stereocenters. The van der Waals surface area contributed by atoms with E-state index in [0.29, 0.717) is 46.5 Å². The van der Waals surface area contributed by atoms with Crippen LogP contribution in [-0.2, 0) is 9.59 Å². The fourth-order valence-electron chi connectivity index (χ4n) is 4.41. The van der Waals surface area contributed by atoms with Crippen LogP contribution in [0.4, 0.5) is 11.4 Å². The highest BCUT2D eigenvalue weighted by Gasteiger charge is 2.47. The van der Waals surface area contributed by atoms with E-state index in [-0.39, 0.29) is 11.3 Å². The van der Waals surface area contributed by atoms with Crippen LogP contribution in [-0.4, -0.2) is 44.1 Å². The number of carbonyl (C=O) groups is 2. The van der Waals surface area contributed by atoms with Gasteiger partial charge in [-0.1, -0.05) is 42.8 Å². The van der Waals surface area contributed by atoms with E-state index in [1.165, 1.54) is 4.90 Å². The van der Waals surface area contributed by atoms with Crippen LogP contribution in [0, 0.1) is 0 Å². The number of nitrogens with zero attached hydrogens (tertiary/aromatic N) is 2. The van der Waals surface area contributed by atoms with Crippen molar-refractivity contribution in [2.75, 3.05) is 37.1 Å². The lowest BCUT2D eigenvalue weighted by Gasteiger charge is -2.27. The zero-order chi connectivity index (χ0) is 27.4. The summed E-state index contributed by atoms with van der Waals surface area (Å²) in [6.45, 7) is 4.64. The van der Waals surface area contributed by atoms with Gasteiger partial charge >= 0.3 is 0 Å². The van der Waals surface area contributed by atoms with Crippen LogP contribution in [0.15, 0.2) is 72.3 Å². The number of benzene rings is 3. The Labute approximate surface area is 227 Å². The summed E-state index contributed by atoms with van der Waals surface area (Å²) in [5, 5.41) is 11.9. The quantitative estimate of drug-likeness (QED) is 0.199. The van der Waals surface area contributed by atoms with Crippen LogP contribution < -0.4 is 19.3 Å². The third kappa shape index (κ3) is 5.20. The lowest BCUT2D eigenvalue weighted by molar-refractivity contribution is -0.132. The topological polar surface area (TPSA) is 79.3 Å². The highest BCUT2D eigenvalue weighted by atomic mass is 35.5. The van der Waals surface area contributed by atoms with Crippen molar-refractivity contribution in [1.29, 1.82) is 0 Å². The van der Waals surface area contributed by atoms with Gasteiger partial charge in [-0.25, -0.2) is 0 Å². The van der Waals surface area contributed by atoms with Crippen LogP contribution in [0.1, 0.15) is 37.4 Å². The van der Waals surface area contributed by atoms with Crippen molar-refractivity contribution in [2.45, 2.75) is 26.3 Å². The first-order valence-corrected chi connectivity index (χ1v) is 12.9. The molecule has 38 heavy (non-hydrogen) atoms. The van der Waals surface area contributed by atoms with Crippen molar-refractivity contribution in [3.63, 3.8) is 0 Å². The molecule has 0 aliphatic carbocycles. The van der Waals surface area contributed by atoms with Gasteiger partial charge in [-0.15, -0.1) is 0 Å². The van der Waals surface area contributed by atoms with Gasteiger partial charge in [0.1, 0.15) is 17.3 Å². The van der Waals surface area contributed by atoms with Crippen molar-refractivity contribution >= 4 is 40.4 Å². The van der Waals surface area contributed by atoms with Crippen molar-refractivity contribution in [1.82, 2.24) is 0 Å². The molecule has 3 aromatic carbocycles. The molecule has 3 aromatic rings. The van der Waals surface area contributed by atoms with Gasteiger partial charge < -0.3 is 19.5 Å². The Bertz CT molecular complexity index is 1370. The minimum absolute atomic E-state index is 0.0253. The summed E-state index contributed by atoms with van der Waals surface area (Å²) in [4.78, 5) is 30.5. The molecule has 1 aliphatic heterocycles. The van der Waals surface area contributed by atoms with Gasteiger partial charge in [0.05, 0.1) is 35.5 Å². The monoisotopic (exact) mass is 534 g/mol. The van der Waals surface area contributed by atoms with Gasteiger partial charge in [0.15, 0.2) is 0 Å². The fraction of sp³-hybridized carbons (Fsp3) is 0.267. The Kier molecular flexibility index (Phi) is 8.27. The number of anilines is 2. The van der Waals surface area contributed by atoms with E-state index < -0.39 is 17.7 Å². The summed E-state index contributed by atoms with van der Waals surface area (Å²) in [5.41, 5.74) is 2.37. The molecule has 0 bridgehead atoms. The highest BCUT2D eigenvalue weighted by molar-refractivity contribution is 6.52. The Morgan fingerprint density at radius 3 is 2.34 bits per heavy atom. The second-order valence-corrected chi connectivity index (χ2v) is 9.46. The van der Waals surface area contributed by atoms with Crippen molar-refractivity contribution in [3.05, 3.63) is 88.5 Å². The largest absolute Gasteiger partial charge is 0.507 e. The number of para-hydroxylation sites is 2. The van der Waals surface area contributed by atoms with Crippen LogP contribution in [0.2, 0.25) is 5.02 Å². The second kappa shape index (κ2) is 11.6. The molecule has 0 radical (unpaired) electrons. The van der Waals surface area contributed by atoms with Gasteiger partial charge in [-0.05, 0) is 61.4 Å². The molecule has 4 rings (SSSR count). The summed E-state index contributed by atoms with van der Waals surface area (Å²) < 4.78 is 11.5. The van der Waals surface area contributed by atoms with Crippen LogP contribution in [0.3, 0.4) is 0 Å². The van der Waals surface area contributed by atoms with Gasteiger partial charge in [0, 0.05) is 25.3 Å². The zero-order valence-electron chi connectivity index (χ0n) is 21.9. The minimum atomic E-state index is -0.885. The van der Waals surface area contributed by atoms with Crippen LogP contribution in [0.5, 0.6) is 11.5 Å². The average Bonchev–Trinajstić information content (AvgIpc) is 3.18. The van der Waals surface area contributed by atoms with E-state index in [2.05, 4.69) is 0 Å². The van der Waals surface area contributed by atoms with Gasteiger partial charge in [-0.3, -0.25) is 14.5 Å². The lowest BCUT2D eigenvalue weighted by atomic mass is 9.94. The van der Waals surface area contributed by atoms with Crippen molar-refractivity contribution < 1.29 is 24.2 Å². The van der Waals surface area contributed by atoms with Crippen LogP contribution >= 0.6 is 11.6 Å². The number of hydrogen-bond acceptors (Lipinski definition) is 6. The third-order valence-electron chi connectivity index (χ3n) is 6.26. The van der Waals surface area contributed by atoms with Gasteiger partial charge in [0.2, 0.25) is 0 Å². The van der Waals surface area contributed by atoms with E-state index in [1.807, 2.05) is 63.2 Å². The predicted octanol–water partition coefficient (Wildman–Crippen LogP) is 6.22. The van der Waals surface area contributed by atoms with Crippen molar-refractivity contribution in [3.8, 4) is 11.5 Å². The summed E-state index contributed by atoms with van der Waals surface area (Å²) in [7, 11) is 3.86. The lowest BCUT2D eigenvalue weighted by Crippen LogP contribution is -2.30. The van der Waals surface area contributed by atoms with E-state index in [0.717, 1.165) is 12.1 Å².